The Morgan fingerprint density at radius 3 is 2.39 bits per heavy atom. The zero-order chi connectivity index (χ0) is 16.7. The Hall–Kier alpha value is -3.06. The third-order valence-electron chi connectivity index (χ3n) is 3.32. The summed E-state index contributed by atoms with van der Waals surface area (Å²) in [6.45, 7) is 2.11. The number of carbonyl (C=O) groups is 1. The molecule has 0 bridgehead atoms. The molecule has 0 aromatic heterocycles. The molecule has 0 spiro atoms. The van der Waals surface area contributed by atoms with Gasteiger partial charge in [0.15, 0.2) is 0 Å². The van der Waals surface area contributed by atoms with Gasteiger partial charge in [-0.2, -0.15) is 5.26 Å². The molecule has 0 saturated heterocycles. The van der Waals surface area contributed by atoms with Crippen LogP contribution in [0.2, 0.25) is 0 Å². The lowest BCUT2D eigenvalue weighted by molar-refractivity contribution is -0.112. The van der Waals surface area contributed by atoms with E-state index in [0.717, 1.165) is 12.8 Å². The number of nitrogens with one attached hydrogen (secondary N) is 1. The van der Waals surface area contributed by atoms with E-state index < -0.39 is 5.91 Å². The minimum atomic E-state index is -0.455. The van der Waals surface area contributed by atoms with Gasteiger partial charge in [-0.15, -0.1) is 0 Å². The molecular formula is C19H18N2O2. The maximum atomic E-state index is 12.2. The van der Waals surface area contributed by atoms with Crippen LogP contribution in [-0.4, -0.2) is 11.0 Å². The first-order chi connectivity index (χ1) is 11.1. The molecule has 0 fully saturated rings. The molecule has 0 radical (unpaired) electrons. The van der Waals surface area contributed by atoms with Crippen LogP contribution in [0.5, 0.6) is 5.75 Å². The summed E-state index contributed by atoms with van der Waals surface area (Å²) in [6, 6.07) is 15.8. The van der Waals surface area contributed by atoms with E-state index in [4.69, 9.17) is 0 Å². The SMILES string of the molecule is CCCc1ccc(NC(=O)/C(C#N)=C/c2ccc(O)cc2)cc1. The number of hydrogen-bond donors (Lipinski definition) is 2. The molecule has 0 unspecified atom stereocenters. The van der Waals surface area contributed by atoms with Crippen LogP contribution in [0, 0.1) is 11.3 Å². The maximum Gasteiger partial charge on any atom is 0.266 e. The molecule has 4 nitrogen and oxygen atoms in total. The predicted molar refractivity (Wildman–Crippen MR) is 90.8 cm³/mol. The third kappa shape index (κ3) is 4.72. The summed E-state index contributed by atoms with van der Waals surface area (Å²) >= 11 is 0. The molecule has 0 aliphatic carbocycles. The Bertz CT molecular complexity index is 738. The topological polar surface area (TPSA) is 73.1 Å². The Morgan fingerprint density at radius 2 is 1.83 bits per heavy atom. The molecule has 0 heterocycles. The largest absolute Gasteiger partial charge is 0.508 e. The van der Waals surface area contributed by atoms with Crippen LogP contribution in [0.15, 0.2) is 54.1 Å². The van der Waals surface area contributed by atoms with Gasteiger partial charge in [0.1, 0.15) is 17.4 Å². The average molecular weight is 306 g/mol. The highest BCUT2D eigenvalue weighted by Crippen LogP contribution is 2.15. The third-order valence-corrected chi connectivity index (χ3v) is 3.32. The first-order valence-corrected chi connectivity index (χ1v) is 7.43. The summed E-state index contributed by atoms with van der Waals surface area (Å²) < 4.78 is 0. The van der Waals surface area contributed by atoms with Crippen molar-refractivity contribution in [2.75, 3.05) is 5.32 Å². The molecule has 2 N–H and O–H groups in total. The van der Waals surface area contributed by atoms with Crippen LogP contribution in [0.1, 0.15) is 24.5 Å². The van der Waals surface area contributed by atoms with Gasteiger partial charge < -0.3 is 10.4 Å². The second kappa shape index (κ2) is 7.81. The lowest BCUT2D eigenvalue weighted by atomic mass is 10.1. The van der Waals surface area contributed by atoms with Gasteiger partial charge in [-0.3, -0.25) is 4.79 Å². The zero-order valence-corrected chi connectivity index (χ0v) is 12.9. The van der Waals surface area contributed by atoms with Crippen LogP contribution >= 0.6 is 0 Å². The van der Waals surface area contributed by atoms with E-state index in [1.54, 1.807) is 12.1 Å². The van der Waals surface area contributed by atoms with Crippen LogP contribution in [0.4, 0.5) is 5.69 Å². The van der Waals surface area contributed by atoms with Crippen LogP contribution < -0.4 is 5.32 Å². The van der Waals surface area contributed by atoms with E-state index in [1.807, 2.05) is 30.3 Å². The highest BCUT2D eigenvalue weighted by atomic mass is 16.3. The van der Waals surface area contributed by atoms with Crippen molar-refractivity contribution in [1.82, 2.24) is 0 Å². The van der Waals surface area contributed by atoms with Gasteiger partial charge in [-0.1, -0.05) is 37.6 Å². The van der Waals surface area contributed by atoms with E-state index in [9.17, 15) is 15.2 Å². The highest BCUT2D eigenvalue weighted by Gasteiger charge is 2.09. The van der Waals surface area contributed by atoms with Crippen molar-refractivity contribution in [1.29, 1.82) is 5.26 Å². The lowest BCUT2D eigenvalue weighted by Gasteiger charge is -2.06. The minimum absolute atomic E-state index is 0.00771. The fraction of sp³-hybridized carbons (Fsp3) is 0.158. The average Bonchev–Trinajstić information content (AvgIpc) is 2.56. The van der Waals surface area contributed by atoms with Gasteiger partial charge in [-0.25, -0.2) is 0 Å². The smallest absolute Gasteiger partial charge is 0.266 e. The number of benzene rings is 2. The van der Waals surface area contributed by atoms with Gasteiger partial charge in [-0.05, 0) is 47.9 Å². The van der Waals surface area contributed by atoms with Gasteiger partial charge in [0, 0.05) is 5.69 Å². The first-order valence-electron chi connectivity index (χ1n) is 7.43. The summed E-state index contributed by atoms with van der Waals surface area (Å²) in [7, 11) is 0. The molecule has 2 rings (SSSR count). The zero-order valence-electron chi connectivity index (χ0n) is 12.9. The van der Waals surface area contributed by atoms with E-state index in [2.05, 4.69) is 12.2 Å². The fourth-order valence-corrected chi connectivity index (χ4v) is 2.13. The summed E-state index contributed by atoms with van der Waals surface area (Å²) in [5.74, 6) is -0.318. The number of carbonyl (C=O) groups excluding carboxylic acids is 1. The molecule has 2 aromatic carbocycles. The normalized spacial score (nSPS) is 10.9. The molecule has 116 valence electrons. The minimum Gasteiger partial charge on any atom is -0.508 e. The summed E-state index contributed by atoms with van der Waals surface area (Å²) in [6.07, 6.45) is 3.55. The Balaban J connectivity index is 2.11. The van der Waals surface area contributed by atoms with Crippen molar-refractivity contribution in [3.63, 3.8) is 0 Å². The van der Waals surface area contributed by atoms with Crippen molar-refractivity contribution >= 4 is 17.7 Å². The number of aryl methyl sites for hydroxylation is 1. The van der Waals surface area contributed by atoms with E-state index in [0.29, 0.717) is 11.3 Å². The molecular weight excluding hydrogens is 288 g/mol. The van der Waals surface area contributed by atoms with E-state index >= 15 is 0 Å². The predicted octanol–water partition coefficient (Wildman–Crippen LogP) is 3.89. The van der Waals surface area contributed by atoms with Crippen LogP contribution in [0.25, 0.3) is 6.08 Å². The number of phenols is 1. The summed E-state index contributed by atoms with van der Waals surface area (Å²) in [4.78, 5) is 12.2. The second-order valence-electron chi connectivity index (χ2n) is 5.16. The van der Waals surface area contributed by atoms with Crippen molar-refractivity contribution < 1.29 is 9.90 Å². The van der Waals surface area contributed by atoms with Gasteiger partial charge in [0.2, 0.25) is 0 Å². The number of nitriles is 1. The number of rotatable bonds is 5. The molecule has 2 aromatic rings. The molecule has 23 heavy (non-hydrogen) atoms. The van der Waals surface area contributed by atoms with Gasteiger partial charge in [0.05, 0.1) is 0 Å². The van der Waals surface area contributed by atoms with Crippen molar-refractivity contribution in [2.45, 2.75) is 19.8 Å². The molecule has 0 saturated carbocycles. The number of nitrogens with zero attached hydrogens (tertiary/aromatic N) is 1. The highest BCUT2D eigenvalue weighted by molar-refractivity contribution is 6.09. The van der Waals surface area contributed by atoms with Gasteiger partial charge >= 0.3 is 0 Å². The Morgan fingerprint density at radius 1 is 1.17 bits per heavy atom. The van der Waals surface area contributed by atoms with Crippen LogP contribution in [0.3, 0.4) is 0 Å². The maximum absolute atomic E-state index is 12.2. The molecule has 1 amide bonds. The Labute approximate surface area is 135 Å². The van der Waals surface area contributed by atoms with E-state index in [1.165, 1.54) is 23.8 Å². The quantitative estimate of drug-likeness (QED) is 0.650. The Kier molecular flexibility index (Phi) is 5.54. The van der Waals surface area contributed by atoms with Crippen molar-refractivity contribution in [3.05, 3.63) is 65.2 Å². The number of anilines is 1. The van der Waals surface area contributed by atoms with Gasteiger partial charge in [0.25, 0.3) is 5.91 Å². The first kappa shape index (κ1) is 16.3. The molecule has 0 aliphatic heterocycles. The van der Waals surface area contributed by atoms with Crippen molar-refractivity contribution in [3.8, 4) is 11.8 Å². The molecule has 0 aliphatic rings. The van der Waals surface area contributed by atoms with Crippen molar-refractivity contribution in [2.24, 2.45) is 0 Å². The lowest BCUT2D eigenvalue weighted by Crippen LogP contribution is -2.13. The van der Waals surface area contributed by atoms with Crippen LogP contribution in [-0.2, 0) is 11.2 Å². The number of aromatic hydroxyl groups is 1. The summed E-state index contributed by atoms with van der Waals surface area (Å²) in [5.41, 5.74) is 2.55. The van der Waals surface area contributed by atoms with E-state index in [-0.39, 0.29) is 11.3 Å². The fourth-order valence-electron chi connectivity index (χ4n) is 2.13. The monoisotopic (exact) mass is 306 g/mol. The molecule has 0 atom stereocenters. The standard InChI is InChI=1S/C19H18N2O2/c1-2-3-14-4-8-17(9-5-14)21-19(23)16(13-20)12-15-6-10-18(22)11-7-15/h4-12,22H,2-3H2,1H3,(H,21,23)/b16-12+. The summed E-state index contributed by atoms with van der Waals surface area (Å²) in [5, 5.41) is 21.1. The number of hydrogen-bond acceptors (Lipinski definition) is 3. The second-order valence-corrected chi connectivity index (χ2v) is 5.16. The number of amides is 1. The number of phenolic OH excluding ortho intramolecular Hbond substituents is 1. The molecule has 4 heteroatoms.